The number of rotatable bonds is 5. The van der Waals surface area contributed by atoms with Crippen molar-refractivity contribution in [3.05, 3.63) is 35.6 Å². The Morgan fingerprint density at radius 3 is 2.65 bits per heavy atom. The van der Waals surface area contributed by atoms with Crippen LogP contribution in [0.25, 0.3) is 11.0 Å². The Balaban J connectivity index is 1.51. The van der Waals surface area contributed by atoms with Crippen LogP contribution in [0.4, 0.5) is 0 Å². The number of furan rings is 1. The number of aryl methyl sites for hydroxylation is 1. The van der Waals surface area contributed by atoms with Crippen molar-refractivity contribution in [2.45, 2.75) is 46.2 Å². The summed E-state index contributed by atoms with van der Waals surface area (Å²) in [6.45, 7) is 10.9. The quantitative estimate of drug-likeness (QED) is 0.636. The van der Waals surface area contributed by atoms with Gasteiger partial charge in [-0.1, -0.05) is 32.0 Å². The molecule has 2 heterocycles. The molecule has 1 saturated heterocycles. The lowest BCUT2D eigenvalue weighted by Crippen LogP contribution is -2.49. The molecule has 1 aromatic heterocycles. The van der Waals surface area contributed by atoms with Gasteiger partial charge in [0.2, 0.25) is 0 Å². The van der Waals surface area contributed by atoms with E-state index in [4.69, 9.17) is 4.42 Å². The van der Waals surface area contributed by atoms with Crippen LogP contribution in [0.3, 0.4) is 0 Å². The molecular formula is C21H32N4O. The first kappa shape index (κ1) is 18.8. The highest BCUT2D eigenvalue weighted by Gasteiger charge is 2.20. The predicted molar refractivity (Wildman–Crippen MR) is 109 cm³/mol. The summed E-state index contributed by atoms with van der Waals surface area (Å²) in [5.74, 6) is 2.56. The van der Waals surface area contributed by atoms with Gasteiger partial charge in [-0.3, -0.25) is 4.99 Å². The van der Waals surface area contributed by atoms with E-state index >= 15 is 0 Å². The molecule has 3 rings (SSSR count). The zero-order chi connectivity index (χ0) is 18.5. The van der Waals surface area contributed by atoms with E-state index in [-0.39, 0.29) is 0 Å². The Morgan fingerprint density at radius 2 is 2.00 bits per heavy atom. The molecule has 1 aliphatic rings. The van der Waals surface area contributed by atoms with Gasteiger partial charge >= 0.3 is 0 Å². The second-order valence-electron chi connectivity index (χ2n) is 7.69. The van der Waals surface area contributed by atoms with E-state index in [1.807, 2.05) is 25.2 Å². The highest BCUT2D eigenvalue weighted by Crippen LogP contribution is 2.24. The molecule has 0 radical (unpaired) electrons. The summed E-state index contributed by atoms with van der Waals surface area (Å²) in [6.07, 6.45) is 2.33. The van der Waals surface area contributed by atoms with Crippen molar-refractivity contribution < 1.29 is 4.42 Å². The van der Waals surface area contributed by atoms with Crippen molar-refractivity contribution in [2.75, 3.05) is 26.7 Å². The van der Waals surface area contributed by atoms with E-state index in [9.17, 15) is 0 Å². The van der Waals surface area contributed by atoms with Crippen LogP contribution >= 0.6 is 0 Å². The topological polar surface area (TPSA) is 52.8 Å². The first-order chi connectivity index (χ1) is 12.6. The van der Waals surface area contributed by atoms with Crippen LogP contribution in [0.2, 0.25) is 0 Å². The largest absolute Gasteiger partial charge is 0.459 e. The fourth-order valence-corrected chi connectivity index (χ4v) is 3.72. The molecular weight excluding hydrogens is 324 g/mol. The van der Waals surface area contributed by atoms with Crippen molar-refractivity contribution in [1.29, 1.82) is 0 Å². The maximum absolute atomic E-state index is 5.98. The Kier molecular flexibility index (Phi) is 6.20. The highest BCUT2D eigenvalue weighted by atomic mass is 16.3. The van der Waals surface area contributed by atoms with E-state index in [0.29, 0.717) is 12.6 Å². The minimum atomic E-state index is 0.487. The molecule has 0 saturated carbocycles. The van der Waals surface area contributed by atoms with E-state index in [0.717, 1.165) is 49.2 Å². The van der Waals surface area contributed by atoms with Gasteiger partial charge in [0.1, 0.15) is 11.3 Å². The molecule has 142 valence electrons. The lowest BCUT2D eigenvalue weighted by molar-refractivity contribution is 0.187. The van der Waals surface area contributed by atoms with Gasteiger partial charge < -0.3 is 20.0 Å². The highest BCUT2D eigenvalue weighted by molar-refractivity contribution is 5.83. The lowest BCUT2D eigenvalue weighted by atomic mass is 10.0. The van der Waals surface area contributed by atoms with Gasteiger partial charge in [-0.15, -0.1) is 0 Å². The average molecular weight is 357 g/mol. The number of piperidine rings is 1. The molecule has 1 aliphatic heterocycles. The fraction of sp³-hybridized carbons (Fsp3) is 0.571. The zero-order valence-electron chi connectivity index (χ0n) is 16.5. The number of fused-ring (bicyclic) bond motifs is 1. The smallest absolute Gasteiger partial charge is 0.191 e. The molecule has 0 unspecified atom stereocenters. The van der Waals surface area contributed by atoms with Crippen molar-refractivity contribution in [3.8, 4) is 0 Å². The molecule has 1 fully saturated rings. The summed E-state index contributed by atoms with van der Waals surface area (Å²) in [4.78, 5) is 6.95. The molecule has 1 aromatic carbocycles. The van der Waals surface area contributed by atoms with Crippen molar-refractivity contribution >= 4 is 16.9 Å². The van der Waals surface area contributed by atoms with Crippen LogP contribution in [-0.4, -0.2) is 43.6 Å². The standard InChI is InChI=1S/C21H32N4O/c1-15(2)14-25-11-9-17(10-12-25)24-21(22-4)23-13-20-16(3)18-7-5-6-8-19(18)26-20/h5-8,15,17H,9-14H2,1-4H3,(H2,22,23,24). The predicted octanol–water partition coefficient (Wildman–Crippen LogP) is 3.53. The van der Waals surface area contributed by atoms with Gasteiger partial charge in [-0.2, -0.15) is 0 Å². The molecule has 0 atom stereocenters. The summed E-state index contributed by atoms with van der Waals surface area (Å²) >= 11 is 0. The third-order valence-electron chi connectivity index (χ3n) is 5.13. The molecule has 5 heteroatoms. The van der Waals surface area contributed by atoms with Crippen LogP contribution in [0.15, 0.2) is 33.7 Å². The first-order valence-corrected chi connectivity index (χ1v) is 9.73. The van der Waals surface area contributed by atoms with Crippen LogP contribution < -0.4 is 10.6 Å². The number of hydrogen-bond donors (Lipinski definition) is 2. The molecule has 2 N–H and O–H groups in total. The van der Waals surface area contributed by atoms with Gasteiger partial charge in [-0.05, 0) is 31.7 Å². The molecule has 0 aliphatic carbocycles. The van der Waals surface area contributed by atoms with Crippen molar-refractivity contribution in [2.24, 2.45) is 10.9 Å². The molecule has 0 spiro atoms. The van der Waals surface area contributed by atoms with Crippen LogP contribution in [0.1, 0.15) is 38.0 Å². The molecule has 0 bridgehead atoms. The Morgan fingerprint density at radius 1 is 1.27 bits per heavy atom. The Hall–Kier alpha value is -2.01. The number of hydrogen-bond acceptors (Lipinski definition) is 3. The Bertz CT molecular complexity index is 742. The van der Waals surface area contributed by atoms with E-state index in [1.165, 1.54) is 17.5 Å². The minimum absolute atomic E-state index is 0.487. The van der Waals surface area contributed by atoms with Gasteiger partial charge in [0.15, 0.2) is 5.96 Å². The van der Waals surface area contributed by atoms with Gasteiger partial charge in [0.05, 0.1) is 6.54 Å². The number of likely N-dealkylation sites (tertiary alicyclic amines) is 1. The maximum Gasteiger partial charge on any atom is 0.191 e. The number of aliphatic imine (C=N–C) groups is 1. The van der Waals surface area contributed by atoms with Crippen molar-refractivity contribution in [1.82, 2.24) is 15.5 Å². The monoisotopic (exact) mass is 356 g/mol. The van der Waals surface area contributed by atoms with Crippen LogP contribution in [-0.2, 0) is 6.54 Å². The van der Waals surface area contributed by atoms with E-state index < -0.39 is 0 Å². The number of nitrogens with one attached hydrogen (secondary N) is 2. The normalized spacial score (nSPS) is 17.2. The van der Waals surface area contributed by atoms with Crippen LogP contribution in [0, 0.1) is 12.8 Å². The number of benzene rings is 1. The molecule has 26 heavy (non-hydrogen) atoms. The Labute approximate surface area is 156 Å². The number of para-hydroxylation sites is 1. The third kappa shape index (κ3) is 4.58. The second-order valence-corrected chi connectivity index (χ2v) is 7.69. The summed E-state index contributed by atoms with van der Waals surface area (Å²) < 4.78 is 5.98. The first-order valence-electron chi connectivity index (χ1n) is 9.73. The average Bonchev–Trinajstić information content (AvgIpc) is 2.96. The van der Waals surface area contributed by atoms with E-state index in [2.05, 4.69) is 47.4 Å². The molecule has 5 nitrogen and oxygen atoms in total. The zero-order valence-corrected chi connectivity index (χ0v) is 16.5. The second kappa shape index (κ2) is 8.58. The van der Waals surface area contributed by atoms with Gasteiger partial charge in [0, 0.05) is 43.7 Å². The summed E-state index contributed by atoms with van der Waals surface area (Å²) in [7, 11) is 1.83. The number of nitrogens with zero attached hydrogens (tertiary/aromatic N) is 2. The summed E-state index contributed by atoms with van der Waals surface area (Å²) in [6, 6.07) is 8.67. The van der Waals surface area contributed by atoms with Crippen molar-refractivity contribution in [3.63, 3.8) is 0 Å². The third-order valence-corrected chi connectivity index (χ3v) is 5.13. The van der Waals surface area contributed by atoms with Gasteiger partial charge in [0.25, 0.3) is 0 Å². The fourth-order valence-electron chi connectivity index (χ4n) is 3.72. The van der Waals surface area contributed by atoms with Gasteiger partial charge in [-0.25, -0.2) is 0 Å². The molecule has 0 amide bonds. The summed E-state index contributed by atoms with van der Waals surface area (Å²) in [5, 5.41) is 8.17. The number of guanidine groups is 1. The lowest BCUT2D eigenvalue weighted by Gasteiger charge is -2.33. The van der Waals surface area contributed by atoms with Crippen LogP contribution in [0.5, 0.6) is 0 Å². The van der Waals surface area contributed by atoms with E-state index in [1.54, 1.807) is 0 Å². The minimum Gasteiger partial charge on any atom is -0.459 e. The molecule has 2 aromatic rings. The maximum atomic E-state index is 5.98. The summed E-state index contributed by atoms with van der Waals surface area (Å²) in [5.41, 5.74) is 2.15. The SMILES string of the molecule is CN=C(NCc1oc2ccccc2c1C)NC1CCN(CC(C)C)CC1.